The fraction of sp³-hybridized carbons (Fsp3) is 0.364. The minimum absolute atomic E-state index is 0. The van der Waals surface area contributed by atoms with E-state index in [2.05, 4.69) is 15.6 Å². The number of nitrogens with zero attached hydrogens (tertiary/aromatic N) is 2. The standard InChI is InChI=1S/C22H30N4O3.HI/c1-23-22(25-13-11-17-8-9-19(29-4)15-20(17)27)24-12-10-16-6-5-7-18(14-16)21(28)26(2)3;/h5-9,14-15,27H,10-13H2,1-4H3,(H2,23,24,25);1H. The van der Waals surface area contributed by atoms with Crippen molar-refractivity contribution in [2.24, 2.45) is 4.99 Å². The maximum atomic E-state index is 12.1. The molecule has 2 aromatic rings. The summed E-state index contributed by atoms with van der Waals surface area (Å²) in [4.78, 5) is 17.9. The number of rotatable bonds is 8. The molecule has 0 aliphatic carbocycles. The summed E-state index contributed by atoms with van der Waals surface area (Å²) in [5.74, 6) is 1.55. The van der Waals surface area contributed by atoms with Gasteiger partial charge in [-0.05, 0) is 42.2 Å². The van der Waals surface area contributed by atoms with Gasteiger partial charge < -0.3 is 25.4 Å². The number of aromatic hydroxyl groups is 1. The lowest BCUT2D eigenvalue weighted by molar-refractivity contribution is 0.0827. The largest absolute Gasteiger partial charge is 0.508 e. The Bertz CT molecular complexity index is 856. The molecule has 0 heterocycles. The van der Waals surface area contributed by atoms with Gasteiger partial charge in [0.1, 0.15) is 11.5 Å². The first kappa shape index (κ1) is 25.5. The lowest BCUT2D eigenvalue weighted by atomic mass is 10.1. The number of hydrogen-bond donors (Lipinski definition) is 3. The molecular formula is C22H31IN4O3. The van der Waals surface area contributed by atoms with E-state index in [1.165, 1.54) is 0 Å². The van der Waals surface area contributed by atoms with Crippen LogP contribution < -0.4 is 15.4 Å². The second kappa shape index (κ2) is 12.9. The van der Waals surface area contributed by atoms with Gasteiger partial charge in [-0.1, -0.05) is 18.2 Å². The van der Waals surface area contributed by atoms with Gasteiger partial charge in [-0.15, -0.1) is 24.0 Å². The highest BCUT2D eigenvalue weighted by atomic mass is 127. The highest BCUT2D eigenvalue weighted by Crippen LogP contribution is 2.23. The summed E-state index contributed by atoms with van der Waals surface area (Å²) in [7, 11) is 6.79. The highest BCUT2D eigenvalue weighted by molar-refractivity contribution is 14.0. The molecule has 3 N–H and O–H groups in total. The molecule has 164 valence electrons. The van der Waals surface area contributed by atoms with Crippen LogP contribution in [0.15, 0.2) is 47.5 Å². The van der Waals surface area contributed by atoms with E-state index >= 15 is 0 Å². The first-order chi connectivity index (χ1) is 13.9. The molecule has 2 rings (SSSR count). The normalized spacial score (nSPS) is 10.7. The topological polar surface area (TPSA) is 86.2 Å². The van der Waals surface area contributed by atoms with E-state index in [-0.39, 0.29) is 35.6 Å². The van der Waals surface area contributed by atoms with Crippen molar-refractivity contribution in [1.29, 1.82) is 0 Å². The SMILES string of the molecule is CN=C(NCCc1cccc(C(=O)N(C)C)c1)NCCc1ccc(OC)cc1O.I. The van der Waals surface area contributed by atoms with Crippen molar-refractivity contribution in [2.75, 3.05) is 41.3 Å². The molecule has 0 saturated carbocycles. The first-order valence-electron chi connectivity index (χ1n) is 9.55. The number of carbonyl (C=O) groups is 1. The number of nitrogens with one attached hydrogen (secondary N) is 2. The highest BCUT2D eigenvalue weighted by Gasteiger charge is 2.08. The summed E-state index contributed by atoms with van der Waals surface area (Å²) in [5.41, 5.74) is 2.62. The fourth-order valence-electron chi connectivity index (χ4n) is 2.86. The summed E-state index contributed by atoms with van der Waals surface area (Å²) in [6, 6.07) is 13.0. The van der Waals surface area contributed by atoms with Crippen LogP contribution in [0.2, 0.25) is 0 Å². The fourth-order valence-corrected chi connectivity index (χ4v) is 2.86. The van der Waals surface area contributed by atoms with Gasteiger partial charge in [0.15, 0.2) is 5.96 Å². The van der Waals surface area contributed by atoms with Crippen LogP contribution in [0.4, 0.5) is 0 Å². The molecule has 0 spiro atoms. The second-order valence-corrected chi connectivity index (χ2v) is 6.82. The van der Waals surface area contributed by atoms with Gasteiger partial charge in [0.25, 0.3) is 5.91 Å². The van der Waals surface area contributed by atoms with Crippen molar-refractivity contribution in [3.05, 3.63) is 59.2 Å². The summed E-state index contributed by atoms with van der Waals surface area (Å²) < 4.78 is 5.10. The smallest absolute Gasteiger partial charge is 0.253 e. The Morgan fingerprint density at radius 1 is 1.10 bits per heavy atom. The number of amides is 1. The molecule has 0 aromatic heterocycles. The lowest BCUT2D eigenvalue weighted by Gasteiger charge is -2.13. The number of aliphatic imine (C=N–C) groups is 1. The van der Waals surface area contributed by atoms with Crippen LogP contribution in [0, 0.1) is 0 Å². The minimum Gasteiger partial charge on any atom is -0.508 e. The summed E-state index contributed by atoms with van der Waals surface area (Å²) >= 11 is 0. The number of ether oxygens (including phenoxy) is 1. The van der Waals surface area contributed by atoms with E-state index in [9.17, 15) is 9.90 Å². The van der Waals surface area contributed by atoms with E-state index in [1.807, 2.05) is 36.4 Å². The number of benzene rings is 2. The maximum absolute atomic E-state index is 12.1. The van der Waals surface area contributed by atoms with Crippen LogP contribution >= 0.6 is 24.0 Å². The van der Waals surface area contributed by atoms with Crippen molar-refractivity contribution in [3.63, 3.8) is 0 Å². The first-order valence-corrected chi connectivity index (χ1v) is 9.55. The summed E-state index contributed by atoms with van der Waals surface area (Å²) in [6.45, 7) is 1.32. The van der Waals surface area contributed by atoms with E-state index in [0.717, 1.165) is 17.5 Å². The van der Waals surface area contributed by atoms with Gasteiger partial charge in [0.2, 0.25) is 0 Å². The predicted molar refractivity (Wildman–Crippen MR) is 131 cm³/mol. The van der Waals surface area contributed by atoms with Crippen molar-refractivity contribution in [3.8, 4) is 11.5 Å². The molecule has 0 unspecified atom stereocenters. The van der Waals surface area contributed by atoms with Gasteiger partial charge in [-0.2, -0.15) is 0 Å². The number of carbonyl (C=O) groups excluding carboxylic acids is 1. The molecule has 2 aromatic carbocycles. The third kappa shape index (κ3) is 7.74. The molecule has 0 atom stereocenters. The third-order valence-electron chi connectivity index (χ3n) is 4.49. The van der Waals surface area contributed by atoms with Crippen LogP contribution in [0.1, 0.15) is 21.5 Å². The van der Waals surface area contributed by atoms with Crippen molar-refractivity contribution in [2.45, 2.75) is 12.8 Å². The number of hydrogen-bond acceptors (Lipinski definition) is 4. The molecule has 0 fully saturated rings. The average molecular weight is 526 g/mol. The quantitative estimate of drug-likeness (QED) is 0.280. The number of phenols is 1. The van der Waals surface area contributed by atoms with E-state index in [1.54, 1.807) is 39.2 Å². The van der Waals surface area contributed by atoms with Crippen LogP contribution in [0.25, 0.3) is 0 Å². The Labute approximate surface area is 195 Å². The van der Waals surface area contributed by atoms with Crippen LogP contribution in [-0.2, 0) is 12.8 Å². The van der Waals surface area contributed by atoms with E-state index in [0.29, 0.717) is 36.8 Å². The molecule has 0 bridgehead atoms. The van der Waals surface area contributed by atoms with Gasteiger partial charge in [0.05, 0.1) is 7.11 Å². The van der Waals surface area contributed by atoms with Gasteiger partial charge in [0, 0.05) is 45.9 Å². The number of methoxy groups -OCH3 is 1. The maximum Gasteiger partial charge on any atom is 0.253 e. The van der Waals surface area contributed by atoms with Crippen LogP contribution in [-0.4, -0.2) is 63.2 Å². The van der Waals surface area contributed by atoms with Crippen LogP contribution in [0.3, 0.4) is 0 Å². The number of halogens is 1. The second-order valence-electron chi connectivity index (χ2n) is 6.82. The molecule has 0 aliphatic rings. The Morgan fingerprint density at radius 3 is 2.40 bits per heavy atom. The minimum atomic E-state index is -0.000861. The zero-order chi connectivity index (χ0) is 21.2. The molecular weight excluding hydrogens is 495 g/mol. The van der Waals surface area contributed by atoms with Gasteiger partial charge >= 0.3 is 0 Å². The van der Waals surface area contributed by atoms with Crippen molar-refractivity contribution in [1.82, 2.24) is 15.5 Å². The zero-order valence-corrected chi connectivity index (χ0v) is 20.3. The van der Waals surface area contributed by atoms with Crippen molar-refractivity contribution >= 4 is 35.8 Å². The summed E-state index contributed by atoms with van der Waals surface area (Å²) in [5, 5.41) is 16.5. The van der Waals surface area contributed by atoms with E-state index < -0.39 is 0 Å². The molecule has 0 radical (unpaired) electrons. The lowest BCUT2D eigenvalue weighted by Crippen LogP contribution is -2.39. The summed E-state index contributed by atoms with van der Waals surface area (Å²) in [6.07, 6.45) is 1.43. The Hall–Kier alpha value is -2.49. The molecule has 30 heavy (non-hydrogen) atoms. The average Bonchev–Trinajstić information content (AvgIpc) is 2.73. The van der Waals surface area contributed by atoms with Gasteiger partial charge in [-0.25, -0.2) is 0 Å². The molecule has 0 saturated heterocycles. The Morgan fingerprint density at radius 2 is 1.80 bits per heavy atom. The van der Waals surface area contributed by atoms with Crippen molar-refractivity contribution < 1.29 is 14.6 Å². The monoisotopic (exact) mass is 526 g/mol. The molecule has 0 aliphatic heterocycles. The van der Waals surface area contributed by atoms with E-state index in [4.69, 9.17) is 4.74 Å². The number of guanidine groups is 1. The molecule has 1 amide bonds. The Balaban J connectivity index is 0.00000450. The predicted octanol–water partition coefficient (Wildman–Crippen LogP) is 2.67. The van der Waals surface area contributed by atoms with Crippen LogP contribution in [0.5, 0.6) is 11.5 Å². The van der Waals surface area contributed by atoms with Gasteiger partial charge in [-0.3, -0.25) is 9.79 Å². The third-order valence-corrected chi connectivity index (χ3v) is 4.49. The zero-order valence-electron chi connectivity index (χ0n) is 17.9. The molecule has 8 heteroatoms. The number of phenolic OH excluding ortho intramolecular Hbond substituents is 1. The molecule has 7 nitrogen and oxygen atoms in total. The Kier molecular flexibility index (Phi) is 11.0.